The van der Waals surface area contributed by atoms with Gasteiger partial charge in [-0.3, -0.25) is 4.79 Å². The van der Waals surface area contributed by atoms with E-state index in [0.717, 1.165) is 31.2 Å². The van der Waals surface area contributed by atoms with Gasteiger partial charge in [-0.1, -0.05) is 39.3 Å². The Hall–Kier alpha value is -1.11. The van der Waals surface area contributed by atoms with Gasteiger partial charge in [-0.25, -0.2) is 0 Å². The number of carbonyl (C=O) groups is 1. The van der Waals surface area contributed by atoms with Crippen LogP contribution in [0.4, 0.5) is 0 Å². The lowest BCUT2D eigenvalue weighted by molar-refractivity contribution is 0.0979. The van der Waals surface area contributed by atoms with E-state index >= 15 is 0 Å². The molecule has 0 spiro atoms. The Kier molecular flexibility index (Phi) is 5.24. The summed E-state index contributed by atoms with van der Waals surface area (Å²) in [5, 5.41) is 0. The third-order valence-corrected chi connectivity index (χ3v) is 3.02. The van der Waals surface area contributed by atoms with Crippen molar-refractivity contribution in [2.24, 2.45) is 0 Å². The highest BCUT2D eigenvalue weighted by Crippen LogP contribution is 2.16. The summed E-state index contributed by atoms with van der Waals surface area (Å²) in [6.45, 7) is 6.36. The molecule has 0 aliphatic rings. The molecule has 0 bridgehead atoms. The number of carbonyl (C=O) groups excluding carboxylic acids is 1. The summed E-state index contributed by atoms with van der Waals surface area (Å²) in [4.78, 5) is 12.1. The second-order valence-corrected chi connectivity index (χ2v) is 4.23. The Bertz CT molecular complexity index is 352. The summed E-state index contributed by atoms with van der Waals surface area (Å²) >= 11 is 0. The van der Waals surface area contributed by atoms with Gasteiger partial charge in [0.15, 0.2) is 5.78 Å². The van der Waals surface area contributed by atoms with Crippen LogP contribution in [-0.4, -0.2) is 5.78 Å². The lowest BCUT2D eigenvalue weighted by Gasteiger charge is -2.08. The number of aryl methyl sites for hydroxylation is 2. The van der Waals surface area contributed by atoms with Crippen molar-refractivity contribution in [1.82, 2.24) is 0 Å². The highest BCUT2D eigenvalue weighted by atomic mass is 16.1. The molecule has 0 amide bonds. The van der Waals surface area contributed by atoms with Crippen LogP contribution in [0.5, 0.6) is 0 Å². The van der Waals surface area contributed by atoms with Crippen LogP contribution in [-0.2, 0) is 12.8 Å². The van der Waals surface area contributed by atoms with Gasteiger partial charge in [-0.15, -0.1) is 0 Å². The van der Waals surface area contributed by atoms with Gasteiger partial charge in [0.25, 0.3) is 0 Å². The molecule has 0 fully saturated rings. The number of rotatable bonds is 6. The predicted octanol–water partition coefficient (Wildman–Crippen LogP) is 4.18. The van der Waals surface area contributed by atoms with E-state index in [9.17, 15) is 4.79 Å². The minimum absolute atomic E-state index is 0.314. The van der Waals surface area contributed by atoms with Gasteiger partial charge < -0.3 is 0 Å². The van der Waals surface area contributed by atoms with Gasteiger partial charge in [0.1, 0.15) is 0 Å². The molecule has 88 valence electrons. The van der Waals surface area contributed by atoms with Crippen molar-refractivity contribution in [3.63, 3.8) is 0 Å². The molecular weight excluding hydrogens is 196 g/mol. The molecule has 1 nitrogen and oxygen atoms in total. The monoisotopic (exact) mass is 218 g/mol. The maximum atomic E-state index is 12.1. The first-order valence-electron chi connectivity index (χ1n) is 6.37. The second kappa shape index (κ2) is 6.47. The summed E-state index contributed by atoms with van der Waals surface area (Å²) < 4.78 is 0. The van der Waals surface area contributed by atoms with Crippen molar-refractivity contribution in [3.8, 4) is 0 Å². The van der Waals surface area contributed by atoms with Crippen molar-refractivity contribution in [1.29, 1.82) is 0 Å². The molecule has 1 aromatic carbocycles. The highest BCUT2D eigenvalue weighted by Gasteiger charge is 2.10. The van der Waals surface area contributed by atoms with Gasteiger partial charge >= 0.3 is 0 Å². The Morgan fingerprint density at radius 2 is 1.88 bits per heavy atom. The Morgan fingerprint density at radius 3 is 2.44 bits per heavy atom. The number of ketones is 1. The van der Waals surface area contributed by atoms with Crippen LogP contribution in [0.25, 0.3) is 0 Å². The lowest BCUT2D eigenvalue weighted by atomic mass is 9.95. The third kappa shape index (κ3) is 3.19. The summed E-state index contributed by atoms with van der Waals surface area (Å²) in [6.07, 6.45) is 4.71. The Morgan fingerprint density at radius 1 is 1.12 bits per heavy atom. The molecule has 0 saturated carbocycles. The zero-order valence-corrected chi connectivity index (χ0v) is 10.7. The van der Waals surface area contributed by atoms with Gasteiger partial charge in [-0.2, -0.15) is 0 Å². The summed E-state index contributed by atoms with van der Waals surface area (Å²) in [7, 11) is 0. The van der Waals surface area contributed by atoms with Gasteiger partial charge in [0, 0.05) is 12.0 Å². The summed E-state index contributed by atoms with van der Waals surface area (Å²) in [6, 6.07) is 6.32. The zero-order chi connectivity index (χ0) is 12.0. The number of benzene rings is 1. The average molecular weight is 218 g/mol. The molecule has 0 heterocycles. The van der Waals surface area contributed by atoms with Crippen molar-refractivity contribution in [2.75, 3.05) is 0 Å². The van der Waals surface area contributed by atoms with Crippen LogP contribution >= 0.6 is 0 Å². The normalized spacial score (nSPS) is 10.4. The summed E-state index contributed by atoms with van der Waals surface area (Å²) in [5.41, 5.74) is 3.41. The molecule has 0 unspecified atom stereocenters. The standard InChI is InChI=1S/C15H22O/c1-4-7-8-15(16)14-11-12(5-2)9-10-13(14)6-3/h9-11H,4-8H2,1-3H3. The van der Waals surface area contributed by atoms with Crippen molar-refractivity contribution in [3.05, 3.63) is 34.9 Å². The largest absolute Gasteiger partial charge is 0.294 e. The molecule has 0 aliphatic heterocycles. The lowest BCUT2D eigenvalue weighted by Crippen LogP contribution is -2.04. The van der Waals surface area contributed by atoms with E-state index < -0.39 is 0 Å². The van der Waals surface area contributed by atoms with Crippen molar-refractivity contribution in [2.45, 2.75) is 52.9 Å². The van der Waals surface area contributed by atoms with Gasteiger partial charge in [0.05, 0.1) is 0 Å². The van der Waals surface area contributed by atoms with E-state index in [-0.39, 0.29) is 0 Å². The van der Waals surface area contributed by atoms with E-state index in [1.807, 2.05) is 0 Å². The van der Waals surface area contributed by atoms with E-state index in [4.69, 9.17) is 0 Å². The molecule has 1 rings (SSSR count). The molecule has 0 N–H and O–H groups in total. The van der Waals surface area contributed by atoms with E-state index in [1.54, 1.807) is 0 Å². The minimum atomic E-state index is 0.314. The van der Waals surface area contributed by atoms with Crippen LogP contribution in [0.3, 0.4) is 0 Å². The highest BCUT2D eigenvalue weighted by molar-refractivity contribution is 5.97. The number of hydrogen-bond acceptors (Lipinski definition) is 1. The van der Waals surface area contributed by atoms with E-state index in [0.29, 0.717) is 12.2 Å². The molecule has 16 heavy (non-hydrogen) atoms. The van der Waals surface area contributed by atoms with Crippen LogP contribution < -0.4 is 0 Å². The molecule has 0 saturated heterocycles. The van der Waals surface area contributed by atoms with Crippen LogP contribution in [0, 0.1) is 0 Å². The molecule has 0 atom stereocenters. The minimum Gasteiger partial charge on any atom is -0.294 e. The maximum absolute atomic E-state index is 12.1. The first-order chi connectivity index (χ1) is 7.72. The number of hydrogen-bond donors (Lipinski definition) is 0. The maximum Gasteiger partial charge on any atom is 0.163 e. The average Bonchev–Trinajstić information content (AvgIpc) is 2.35. The predicted molar refractivity (Wildman–Crippen MR) is 69.1 cm³/mol. The quantitative estimate of drug-likeness (QED) is 0.654. The molecular formula is C15H22O. The summed E-state index contributed by atoms with van der Waals surface area (Å²) in [5.74, 6) is 0.314. The molecule has 1 aromatic rings. The fourth-order valence-corrected chi connectivity index (χ4v) is 1.88. The van der Waals surface area contributed by atoms with Crippen LogP contribution in [0.2, 0.25) is 0 Å². The SMILES string of the molecule is CCCCC(=O)c1cc(CC)ccc1CC. The topological polar surface area (TPSA) is 17.1 Å². The fraction of sp³-hybridized carbons (Fsp3) is 0.533. The number of unbranched alkanes of at least 4 members (excludes halogenated alkanes) is 1. The first kappa shape index (κ1) is 13.0. The van der Waals surface area contributed by atoms with Gasteiger partial charge in [0.2, 0.25) is 0 Å². The van der Waals surface area contributed by atoms with Crippen molar-refractivity contribution < 1.29 is 4.79 Å². The number of Topliss-reactive ketones (excluding diaryl/α,β-unsaturated/α-hetero) is 1. The molecule has 0 aromatic heterocycles. The Balaban J connectivity index is 2.94. The van der Waals surface area contributed by atoms with E-state index in [1.165, 1.54) is 11.1 Å². The molecule has 1 heteroatoms. The van der Waals surface area contributed by atoms with E-state index in [2.05, 4.69) is 39.0 Å². The fourth-order valence-electron chi connectivity index (χ4n) is 1.88. The van der Waals surface area contributed by atoms with Gasteiger partial charge in [-0.05, 0) is 36.5 Å². The first-order valence-corrected chi connectivity index (χ1v) is 6.37. The van der Waals surface area contributed by atoms with Crippen molar-refractivity contribution >= 4 is 5.78 Å². The zero-order valence-electron chi connectivity index (χ0n) is 10.7. The third-order valence-electron chi connectivity index (χ3n) is 3.02. The molecule has 0 aliphatic carbocycles. The Labute approximate surface area is 98.9 Å². The van der Waals surface area contributed by atoms with Crippen LogP contribution in [0.15, 0.2) is 18.2 Å². The second-order valence-electron chi connectivity index (χ2n) is 4.23. The molecule has 0 radical (unpaired) electrons. The smallest absolute Gasteiger partial charge is 0.163 e. The van der Waals surface area contributed by atoms with Crippen LogP contribution in [0.1, 0.15) is 61.5 Å².